The summed E-state index contributed by atoms with van der Waals surface area (Å²) >= 11 is 0. The molecule has 2 N–H and O–H groups in total. The lowest BCUT2D eigenvalue weighted by molar-refractivity contribution is 0.100. The van der Waals surface area contributed by atoms with E-state index in [0.29, 0.717) is 13.2 Å². The van der Waals surface area contributed by atoms with Crippen LogP contribution in [0.5, 0.6) is 5.75 Å². The van der Waals surface area contributed by atoms with Crippen molar-refractivity contribution >= 4 is 0 Å². The number of para-hydroxylation sites is 1. The van der Waals surface area contributed by atoms with Crippen molar-refractivity contribution in [2.75, 3.05) is 19.8 Å². The fourth-order valence-corrected chi connectivity index (χ4v) is 1.70. The first kappa shape index (κ1) is 15.0. The van der Waals surface area contributed by atoms with Gasteiger partial charge in [0.1, 0.15) is 12.4 Å². The van der Waals surface area contributed by atoms with E-state index in [1.807, 2.05) is 18.2 Å². The highest BCUT2D eigenvalue weighted by Crippen LogP contribution is 2.19. The van der Waals surface area contributed by atoms with Crippen LogP contribution < -0.4 is 10.5 Å². The minimum atomic E-state index is 0.200. The molecule has 1 rings (SSSR count). The lowest BCUT2D eigenvalue weighted by atomic mass is 10.0. The van der Waals surface area contributed by atoms with Gasteiger partial charge in [0.15, 0.2) is 0 Å². The largest absolute Gasteiger partial charge is 0.491 e. The van der Waals surface area contributed by atoms with E-state index in [-0.39, 0.29) is 6.04 Å². The summed E-state index contributed by atoms with van der Waals surface area (Å²) in [5.41, 5.74) is 7.17. The predicted octanol–water partition coefficient (Wildman–Crippen LogP) is 2.77. The summed E-state index contributed by atoms with van der Waals surface area (Å²) in [6.45, 7) is 6.24. The van der Waals surface area contributed by atoms with E-state index < -0.39 is 0 Å². The predicted molar refractivity (Wildman–Crippen MR) is 75.0 cm³/mol. The molecule has 0 saturated carbocycles. The maximum atomic E-state index is 5.99. The molecule has 1 aromatic carbocycles. The standard InChI is InChI=1S/C15H25NO2/c1-3-9-17-10-11-18-15-8-6-5-7-13(15)12-14(16)4-2/h5-8,14H,3-4,9-12,16H2,1-2H3. The van der Waals surface area contributed by atoms with Gasteiger partial charge in [-0.2, -0.15) is 0 Å². The molecule has 18 heavy (non-hydrogen) atoms. The van der Waals surface area contributed by atoms with Crippen molar-refractivity contribution in [2.24, 2.45) is 5.73 Å². The van der Waals surface area contributed by atoms with Crippen LogP contribution in [0.1, 0.15) is 32.3 Å². The van der Waals surface area contributed by atoms with Crippen LogP contribution in [0.2, 0.25) is 0 Å². The third-order valence-electron chi connectivity index (χ3n) is 2.81. The Bertz CT molecular complexity index is 328. The lowest BCUT2D eigenvalue weighted by Gasteiger charge is -2.14. The van der Waals surface area contributed by atoms with E-state index in [9.17, 15) is 0 Å². The monoisotopic (exact) mass is 251 g/mol. The molecule has 0 bridgehead atoms. The highest BCUT2D eigenvalue weighted by molar-refractivity contribution is 5.33. The van der Waals surface area contributed by atoms with E-state index in [1.54, 1.807) is 0 Å². The Labute approximate surface area is 110 Å². The Morgan fingerprint density at radius 3 is 2.61 bits per heavy atom. The third-order valence-corrected chi connectivity index (χ3v) is 2.81. The third kappa shape index (κ3) is 5.52. The zero-order chi connectivity index (χ0) is 13.2. The average molecular weight is 251 g/mol. The van der Waals surface area contributed by atoms with Crippen LogP contribution in [0.25, 0.3) is 0 Å². The molecule has 0 saturated heterocycles. The van der Waals surface area contributed by atoms with Crippen LogP contribution in [0.4, 0.5) is 0 Å². The minimum Gasteiger partial charge on any atom is -0.491 e. The summed E-state index contributed by atoms with van der Waals surface area (Å²) in [4.78, 5) is 0. The molecule has 3 heteroatoms. The number of rotatable bonds is 9. The molecule has 0 fully saturated rings. The Morgan fingerprint density at radius 1 is 1.11 bits per heavy atom. The lowest BCUT2D eigenvalue weighted by Crippen LogP contribution is -2.22. The van der Waals surface area contributed by atoms with E-state index in [4.69, 9.17) is 15.2 Å². The van der Waals surface area contributed by atoms with Gasteiger partial charge in [-0.05, 0) is 30.9 Å². The van der Waals surface area contributed by atoms with Crippen molar-refractivity contribution in [1.82, 2.24) is 0 Å². The summed E-state index contributed by atoms with van der Waals surface area (Å²) in [5.74, 6) is 0.932. The van der Waals surface area contributed by atoms with Crippen molar-refractivity contribution in [3.8, 4) is 5.75 Å². The van der Waals surface area contributed by atoms with Crippen molar-refractivity contribution in [3.63, 3.8) is 0 Å². The summed E-state index contributed by atoms with van der Waals surface area (Å²) in [7, 11) is 0. The quantitative estimate of drug-likeness (QED) is 0.686. The van der Waals surface area contributed by atoms with Crippen molar-refractivity contribution in [1.29, 1.82) is 0 Å². The molecule has 0 aliphatic carbocycles. The molecule has 3 nitrogen and oxygen atoms in total. The van der Waals surface area contributed by atoms with Crippen molar-refractivity contribution in [3.05, 3.63) is 29.8 Å². The topological polar surface area (TPSA) is 44.5 Å². The van der Waals surface area contributed by atoms with E-state index in [2.05, 4.69) is 19.9 Å². The molecule has 1 atom stereocenters. The minimum absolute atomic E-state index is 0.200. The van der Waals surface area contributed by atoms with Crippen LogP contribution in [0.3, 0.4) is 0 Å². The maximum absolute atomic E-state index is 5.99. The van der Waals surface area contributed by atoms with Gasteiger partial charge in [-0.1, -0.05) is 32.0 Å². The summed E-state index contributed by atoms with van der Waals surface area (Å²) < 4.78 is 11.1. The molecule has 0 radical (unpaired) electrons. The first-order valence-corrected chi connectivity index (χ1v) is 6.82. The molecule has 0 aromatic heterocycles. The van der Waals surface area contributed by atoms with Crippen LogP contribution in [0.15, 0.2) is 24.3 Å². The Balaban J connectivity index is 2.43. The van der Waals surface area contributed by atoms with Gasteiger partial charge in [0, 0.05) is 12.6 Å². The molecule has 0 aliphatic heterocycles. The van der Waals surface area contributed by atoms with Gasteiger partial charge in [0.2, 0.25) is 0 Å². The normalized spacial score (nSPS) is 12.4. The van der Waals surface area contributed by atoms with Crippen LogP contribution in [-0.4, -0.2) is 25.9 Å². The first-order valence-electron chi connectivity index (χ1n) is 6.82. The number of nitrogens with two attached hydrogens (primary N) is 1. The number of hydrogen-bond acceptors (Lipinski definition) is 3. The number of benzene rings is 1. The Hall–Kier alpha value is -1.06. The van der Waals surface area contributed by atoms with E-state index in [1.165, 1.54) is 5.56 Å². The van der Waals surface area contributed by atoms with Crippen LogP contribution in [-0.2, 0) is 11.2 Å². The van der Waals surface area contributed by atoms with Gasteiger partial charge in [-0.15, -0.1) is 0 Å². The molecular weight excluding hydrogens is 226 g/mol. The van der Waals surface area contributed by atoms with Crippen molar-refractivity contribution < 1.29 is 9.47 Å². The highest BCUT2D eigenvalue weighted by Gasteiger charge is 2.07. The van der Waals surface area contributed by atoms with Crippen LogP contribution >= 0.6 is 0 Å². The maximum Gasteiger partial charge on any atom is 0.122 e. The number of hydrogen-bond donors (Lipinski definition) is 1. The Morgan fingerprint density at radius 2 is 1.89 bits per heavy atom. The zero-order valence-corrected chi connectivity index (χ0v) is 11.5. The van der Waals surface area contributed by atoms with Crippen LogP contribution in [0, 0.1) is 0 Å². The van der Waals surface area contributed by atoms with Gasteiger partial charge in [-0.3, -0.25) is 0 Å². The SMILES string of the molecule is CCCOCCOc1ccccc1CC(N)CC. The smallest absolute Gasteiger partial charge is 0.122 e. The molecular formula is C15H25NO2. The Kier molecular flexibility index (Phi) is 7.46. The van der Waals surface area contributed by atoms with Gasteiger partial charge in [-0.25, -0.2) is 0 Å². The fraction of sp³-hybridized carbons (Fsp3) is 0.600. The van der Waals surface area contributed by atoms with Crippen molar-refractivity contribution in [2.45, 2.75) is 39.2 Å². The van der Waals surface area contributed by atoms with E-state index >= 15 is 0 Å². The summed E-state index contributed by atoms with van der Waals surface area (Å²) in [5, 5.41) is 0. The fourth-order valence-electron chi connectivity index (χ4n) is 1.70. The second-order valence-electron chi connectivity index (χ2n) is 4.44. The second kappa shape index (κ2) is 8.95. The van der Waals surface area contributed by atoms with Gasteiger partial charge in [0.05, 0.1) is 6.61 Å². The molecule has 1 unspecified atom stereocenters. The molecule has 0 heterocycles. The average Bonchev–Trinajstić information content (AvgIpc) is 2.40. The van der Waals surface area contributed by atoms with Gasteiger partial charge >= 0.3 is 0 Å². The molecule has 0 spiro atoms. The van der Waals surface area contributed by atoms with Gasteiger partial charge in [0.25, 0.3) is 0 Å². The highest BCUT2D eigenvalue weighted by atomic mass is 16.5. The molecule has 1 aromatic rings. The van der Waals surface area contributed by atoms with Gasteiger partial charge < -0.3 is 15.2 Å². The number of ether oxygens (including phenoxy) is 2. The van der Waals surface area contributed by atoms with E-state index in [0.717, 1.165) is 31.6 Å². The summed E-state index contributed by atoms with van der Waals surface area (Å²) in [6, 6.07) is 8.29. The molecule has 0 amide bonds. The molecule has 0 aliphatic rings. The zero-order valence-electron chi connectivity index (χ0n) is 11.5. The molecule has 102 valence electrons. The first-order chi connectivity index (χ1) is 8.77. The summed E-state index contributed by atoms with van der Waals surface area (Å²) in [6.07, 6.45) is 2.89. The second-order valence-corrected chi connectivity index (χ2v) is 4.44.